The fourth-order valence-corrected chi connectivity index (χ4v) is 2.41. The number of halogens is 2. The van der Waals surface area contributed by atoms with E-state index in [9.17, 15) is 14.5 Å². The first-order chi connectivity index (χ1) is 9.52. The molecule has 1 aromatic carbocycles. The molecule has 0 N–H and O–H groups in total. The van der Waals surface area contributed by atoms with Crippen LogP contribution in [0.3, 0.4) is 0 Å². The second-order valence-corrected chi connectivity index (χ2v) is 5.17. The van der Waals surface area contributed by atoms with Gasteiger partial charge in [0.2, 0.25) is 0 Å². The fourth-order valence-electron chi connectivity index (χ4n) is 2.00. The molecule has 3 atom stereocenters. The lowest BCUT2D eigenvalue weighted by atomic mass is 9.91. The number of ether oxygens (including phenoxy) is 2. The van der Waals surface area contributed by atoms with E-state index in [4.69, 9.17) is 21.1 Å². The molecule has 1 aliphatic rings. The lowest BCUT2D eigenvalue weighted by Crippen LogP contribution is -2.52. The van der Waals surface area contributed by atoms with E-state index in [1.54, 1.807) is 0 Å². The van der Waals surface area contributed by atoms with E-state index in [0.717, 1.165) is 24.6 Å². The van der Waals surface area contributed by atoms with Gasteiger partial charge in [-0.25, -0.2) is 4.39 Å². The van der Waals surface area contributed by atoms with Crippen LogP contribution >= 0.6 is 11.6 Å². The van der Waals surface area contributed by atoms with Crippen LogP contribution in [0.2, 0.25) is 0 Å². The average molecular weight is 304 g/mol. The molecule has 0 heterocycles. The smallest absolute Gasteiger partial charge is 0.311 e. The van der Waals surface area contributed by atoms with Crippen molar-refractivity contribution in [1.82, 2.24) is 0 Å². The van der Waals surface area contributed by atoms with E-state index in [1.807, 2.05) is 6.92 Å². The second-order valence-electron chi connectivity index (χ2n) is 4.61. The molecule has 0 bridgehead atoms. The van der Waals surface area contributed by atoms with E-state index in [-0.39, 0.29) is 29.0 Å². The summed E-state index contributed by atoms with van der Waals surface area (Å²) in [5, 5.41) is 10.7. The minimum absolute atomic E-state index is 0.0892. The summed E-state index contributed by atoms with van der Waals surface area (Å²) in [6.07, 6.45) is 0.653. The van der Waals surface area contributed by atoms with Gasteiger partial charge >= 0.3 is 5.69 Å². The Bertz CT molecular complexity index is 499. The number of nitrogens with zero attached hydrogens (tertiary/aromatic N) is 1. The van der Waals surface area contributed by atoms with Gasteiger partial charge in [-0.2, -0.15) is 0 Å². The molecular formula is C13H15ClFNO4. The highest BCUT2D eigenvalue weighted by atomic mass is 35.5. The number of nitro benzene ring substituents is 1. The van der Waals surface area contributed by atoms with Crippen LogP contribution in [-0.2, 0) is 4.74 Å². The molecule has 0 aromatic heterocycles. The largest absolute Gasteiger partial charge is 0.481 e. The Morgan fingerprint density at radius 3 is 2.90 bits per heavy atom. The van der Waals surface area contributed by atoms with Gasteiger partial charge in [0.1, 0.15) is 18.0 Å². The zero-order chi connectivity index (χ0) is 14.7. The summed E-state index contributed by atoms with van der Waals surface area (Å²) in [7, 11) is 0. The van der Waals surface area contributed by atoms with Gasteiger partial charge in [0.05, 0.1) is 10.3 Å². The zero-order valence-corrected chi connectivity index (χ0v) is 11.7. The second kappa shape index (κ2) is 6.37. The zero-order valence-electron chi connectivity index (χ0n) is 10.9. The Morgan fingerprint density at radius 1 is 1.55 bits per heavy atom. The van der Waals surface area contributed by atoms with Gasteiger partial charge in [0, 0.05) is 25.2 Å². The molecule has 1 fully saturated rings. The summed E-state index contributed by atoms with van der Waals surface area (Å²) in [6.45, 7) is 2.51. The first-order valence-electron chi connectivity index (χ1n) is 6.39. The number of hydrogen-bond donors (Lipinski definition) is 0. The van der Waals surface area contributed by atoms with Gasteiger partial charge < -0.3 is 9.47 Å². The molecule has 1 aromatic rings. The van der Waals surface area contributed by atoms with Gasteiger partial charge in [0.15, 0.2) is 5.75 Å². The van der Waals surface area contributed by atoms with E-state index in [2.05, 4.69) is 0 Å². The summed E-state index contributed by atoms with van der Waals surface area (Å²) >= 11 is 6.03. The molecule has 1 aliphatic carbocycles. The van der Waals surface area contributed by atoms with E-state index >= 15 is 0 Å². The topological polar surface area (TPSA) is 61.6 Å². The average Bonchev–Trinajstić information content (AvgIpc) is 2.38. The van der Waals surface area contributed by atoms with Gasteiger partial charge in [-0.15, -0.1) is 11.6 Å². The minimum atomic E-state index is -0.604. The van der Waals surface area contributed by atoms with Crippen molar-refractivity contribution in [3.63, 3.8) is 0 Å². The molecule has 0 spiro atoms. The van der Waals surface area contributed by atoms with Crippen molar-refractivity contribution in [3.05, 3.63) is 34.1 Å². The lowest BCUT2D eigenvalue weighted by Gasteiger charge is -2.40. The Morgan fingerprint density at radius 2 is 2.30 bits per heavy atom. The molecule has 0 aliphatic heterocycles. The molecule has 110 valence electrons. The molecule has 1 saturated carbocycles. The molecule has 3 unspecified atom stereocenters. The standard InChI is InChI=1S/C13H15ClFNO4/c1-2-5-19-13-9(14)7-12(13)20-11-6-8(15)3-4-10(11)16(17)18/h3-4,6,9,12-13H,2,5,7H2,1H3. The number of hydrogen-bond acceptors (Lipinski definition) is 4. The van der Waals surface area contributed by atoms with Gasteiger partial charge in [-0.05, 0) is 12.5 Å². The maximum Gasteiger partial charge on any atom is 0.311 e. The van der Waals surface area contributed by atoms with Gasteiger partial charge in [0.25, 0.3) is 0 Å². The van der Waals surface area contributed by atoms with Gasteiger partial charge in [-0.3, -0.25) is 10.1 Å². The lowest BCUT2D eigenvalue weighted by molar-refractivity contribution is -0.386. The van der Waals surface area contributed by atoms with Crippen LogP contribution in [-0.4, -0.2) is 29.1 Å². The highest BCUT2D eigenvalue weighted by Crippen LogP contribution is 2.36. The molecule has 2 rings (SSSR count). The Hall–Kier alpha value is -1.40. The fraction of sp³-hybridized carbons (Fsp3) is 0.538. The summed E-state index contributed by atoms with van der Waals surface area (Å²) in [5.74, 6) is -0.674. The third kappa shape index (κ3) is 3.19. The molecule has 0 saturated heterocycles. The monoisotopic (exact) mass is 303 g/mol. The third-order valence-electron chi connectivity index (χ3n) is 3.09. The predicted octanol–water partition coefficient (Wildman–Crippen LogP) is 3.29. The van der Waals surface area contributed by atoms with Crippen LogP contribution in [0.1, 0.15) is 19.8 Å². The highest BCUT2D eigenvalue weighted by Gasteiger charge is 2.43. The van der Waals surface area contributed by atoms with Crippen molar-refractivity contribution < 1.29 is 18.8 Å². The maximum atomic E-state index is 13.2. The number of rotatable bonds is 6. The summed E-state index contributed by atoms with van der Waals surface area (Å²) in [6, 6.07) is 3.13. The van der Waals surface area contributed by atoms with Crippen LogP contribution in [0.4, 0.5) is 10.1 Å². The molecule has 20 heavy (non-hydrogen) atoms. The number of alkyl halides is 1. The summed E-state index contributed by atoms with van der Waals surface area (Å²) in [4.78, 5) is 10.3. The maximum absolute atomic E-state index is 13.2. The summed E-state index contributed by atoms with van der Waals surface area (Å²) in [5.41, 5.74) is -0.265. The number of benzene rings is 1. The molecule has 5 nitrogen and oxygen atoms in total. The Kier molecular flexibility index (Phi) is 4.77. The molecule has 0 amide bonds. The first-order valence-corrected chi connectivity index (χ1v) is 6.82. The van der Waals surface area contributed by atoms with Crippen molar-refractivity contribution in [1.29, 1.82) is 0 Å². The van der Waals surface area contributed by atoms with Crippen molar-refractivity contribution in [3.8, 4) is 5.75 Å². The van der Waals surface area contributed by atoms with E-state index < -0.39 is 10.7 Å². The third-order valence-corrected chi connectivity index (χ3v) is 3.52. The quantitative estimate of drug-likeness (QED) is 0.459. The van der Waals surface area contributed by atoms with Crippen LogP contribution in [0.15, 0.2) is 18.2 Å². The normalized spacial score (nSPS) is 25.1. The Labute approximate surface area is 120 Å². The minimum Gasteiger partial charge on any atom is -0.481 e. The van der Waals surface area contributed by atoms with Crippen LogP contribution in [0.5, 0.6) is 5.75 Å². The van der Waals surface area contributed by atoms with Gasteiger partial charge in [-0.1, -0.05) is 6.92 Å². The predicted molar refractivity (Wildman–Crippen MR) is 71.8 cm³/mol. The van der Waals surface area contributed by atoms with Crippen molar-refractivity contribution in [2.45, 2.75) is 37.4 Å². The molecular weight excluding hydrogens is 289 g/mol. The molecule has 0 radical (unpaired) electrons. The van der Waals surface area contributed by atoms with E-state index in [1.165, 1.54) is 0 Å². The van der Waals surface area contributed by atoms with Crippen LogP contribution in [0.25, 0.3) is 0 Å². The van der Waals surface area contributed by atoms with Crippen LogP contribution < -0.4 is 4.74 Å². The first kappa shape index (κ1) is 15.0. The highest BCUT2D eigenvalue weighted by molar-refractivity contribution is 6.21. The molecule has 7 heteroatoms. The Balaban J connectivity index is 2.09. The summed E-state index contributed by atoms with van der Waals surface area (Å²) < 4.78 is 24.2. The van der Waals surface area contributed by atoms with Crippen molar-refractivity contribution in [2.24, 2.45) is 0 Å². The van der Waals surface area contributed by atoms with Crippen molar-refractivity contribution >= 4 is 17.3 Å². The van der Waals surface area contributed by atoms with E-state index in [0.29, 0.717) is 13.0 Å². The van der Waals surface area contributed by atoms with Crippen LogP contribution in [0, 0.1) is 15.9 Å². The number of nitro groups is 1. The SMILES string of the molecule is CCCOC1C(Cl)CC1Oc1cc(F)ccc1[N+](=O)[O-]. The van der Waals surface area contributed by atoms with Crippen molar-refractivity contribution in [2.75, 3.05) is 6.61 Å².